The number of piperazine rings is 1. The van der Waals surface area contributed by atoms with Crippen LogP contribution in [0.15, 0.2) is 18.3 Å². The second-order valence-corrected chi connectivity index (χ2v) is 5.42. The quantitative estimate of drug-likeness (QED) is 0.829. The van der Waals surface area contributed by atoms with Gasteiger partial charge in [-0.1, -0.05) is 6.92 Å². The minimum absolute atomic E-state index is 0.618. The number of rotatable bonds is 7. The summed E-state index contributed by atoms with van der Waals surface area (Å²) in [5, 5.41) is 0. The normalized spacial score (nSPS) is 17.8. The molecule has 118 valence electrons. The highest BCUT2D eigenvalue weighted by molar-refractivity contribution is 5.52. The summed E-state index contributed by atoms with van der Waals surface area (Å²) in [7, 11) is 0. The van der Waals surface area contributed by atoms with Crippen molar-refractivity contribution in [1.29, 1.82) is 0 Å². The molecule has 1 fully saturated rings. The van der Waals surface area contributed by atoms with E-state index in [9.17, 15) is 0 Å². The number of nitrogens with two attached hydrogens (primary N) is 1. The molecule has 0 spiro atoms. The number of hydrogen-bond acceptors (Lipinski definition) is 5. The monoisotopic (exact) mass is 292 g/mol. The summed E-state index contributed by atoms with van der Waals surface area (Å²) in [6, 6.07) is 4.55. The Morgan fingerprint density at radius 2 is 2.05 bits per heavy atom. The van der Waals surface area contributed by atoms with Crippen LogP contribution in [-0.2, 0) is 0 Å². The van der Waals surface area contributed by atoms with E-state index in [1.54, 1.807) is 0 Å². The molecular formula is C16H28N4O. The first kappa shape index (κ1) is 16.0. The van der Waals surface area contributed by atoms with E-state index in [1.165, 1.54) is 6.42 Å². The van der Waals surface area contributed by atoms with Crippen LogP contribution in [0.4, 0.5) is 5.82 Å². The molecule has 2 rings (SSSR count). The first-order chi connectivity index (χ1) is 10.3. The summed E-state index contributed by atoms with van der Waals surface area (Å²) >= 11 is 0. The molecule has 1 aromatic rings. The fourth-order valence-corrected chi connectivity index (χ4v) is 3.02. The number of aromatic nitrogens is 1. The fraction of sp³-hybridized carbons (Fsp3) is 0.688. The molecule has 0 saturated carbocycles. The summed E-state index contributed by atoms with van der Waals surface area (Å²) in [5.74, 6) is 1.87. The highest BCUT2D eigenvalue weighted by atomic mass is 16.5. The van der Waals surface area contributed by atoms with Crippen LogP contribution in [-0.4, -0.2) is 55.3 Å². The largest absolute Gasteiger partial charge is 0.490 e. The van der Waals surface area contributed by atoms with Crippen LogP contribution in [0.2, 0.25) is 0 Å². The van der Waals surface area contributed by atoms with Gasteiger partial charge in [0.2, 0.25) is 0 Å². The van der Waals surface area contributed by atoms with Gasteiger partial charge >= 0.3 is 0 Å². The second kappa shape index (κ2) is 8.20. The van der Waals surface area contributed by atoms with Crippen molar-refractivity contribution in [2.45, 2.75) is 32.7 Å². The zero-order valence-corrected chi connectivity index (χ0v) is 13.3. The molecule has 1 saturated heterocycles. The molecule has 0 aromatic carbocycles. The van der Waals surface area contributed by atoms with Gasteiger partial charge in [0.1, 0.15) is 0 Å². The van der Waals surface area contributed by atoms with Gasteiger partial charge in [0.25, 0.3) is 0 Å². The first-order valence-electron chi connectivity index (χ1n) is 8.07. The van der Waals surface area contributed by atoms with Gasteiger partial charge in [0.15, 0.2) is 11.6 Å². The van der Waals surface area contributed by atoms with Crippen molar-refractivity contribution in [3.63, 3.8) is 0 Å². The van der Waals surface area contributed by atoms with Crippen LogP contribution < -0.4 is 15.4 Å². The van der Waals surface area contributed by atoms with Crippen molar-refractivity contribution in [2.24, 2.45) is 5.73 Å². The average molecular weight is 292 g/mol. The van der Waals surface area contributed by atoms with Crippen molar-refractivity contribution in [2.75, 3.05) is 44.2 Å². The van der Waals surface area contributed by atoms with E-state index in [4.69, 9.17) is 10.5 Å². The first-order valence-corrected chi connectivity index (χ1v) is 8.07. The van der Waals surface area contributed by atoms with Gasteiger partial charge in [-0.25, -0.2) is 4.98 Å². The molecule has 5 heteroatoms. The van der Waals surface area contributed by atoms with E-state index >= 15 is 0 Å². The molecule has 1 aliphatic heterocycles. The standard InChI is InChI=1S/C16H28N4O/c1-3-14(7-8-17)19-10-12-20(13-11-19)16-15(21-4-2)6-5-9-18-16/h5-6,9,14H,3-4,7-8,10-13,17H2,1-2H3. The molecule has 5 nitrogen and oxygen atoms in total. The summed E-state index contributed by atoms with van der Waals surface area (Å²) in [6.45, 7) is 9.84. The van der Waals surface area contributed by atoms with E-state index in [1.807, 2.05) is 25.3 Å². The number of anilines is 1. The lowest BCUT2D eigenvalue weighted by Gasteiger charge is -2.39. The zero-order valence-electron chi connectivity index (χ0n) is 13.3. The Hall–Kier alpha value is -1.33. The third kappa shape index (κ3) is 4.08. The van der Waals surface area contributed by atoms with Crippen molar-refractivity contribution in [1.82, 2.24) is 9.88 Å². The smallest absolute Gasteiger partial charge is 0.171 e. The summed E-state index contributed by atoms with van der Waals surface area (Å²) in [6.07, 6.45) is 4.10. The number of hydrogen-bond donors (Lipinski definition) is 1. The van der Waals surface area contributed by atoms with Crippen LogP contribution in [0.3, 0.4) is 0 Å². The molecule has 1 unspecified atom stereocenters. The molecule has 21 heavy (non-hydrogen) atoms. The van der Waals surface area contributed by atoms with E-state index in [-0.39, 0.29) is 0 Å². The summed E-state index contributed by atoms with van der Waals surface area (Å²) < 4.78 is 5.69. The second-order valence-electron chi connectivity index (χ2n) is 5.42. The Morgan fingerprint density at radius 3 is 2.67 bits per heavy atom. The van der Waals surface area contributed by atoms with Crippen LogP contribution in [0.25, 0.3) is 0 Å². The minimum Gasteiger partial charge on any atom is -0.490 e. The molecule has 0 aliphatic carbocycles. The Bertz CT molecular complexity index is 418. The third-order valence-electron chi connectivity index (χ3n) is 4.15. The molecule has 1 aromatic heterocycles. The molecular weight excluding hydrogens is 264 g/mol. The SMILES string of the molecule is CCOc1cccnc1N1CCN(C(CC)CCN)CC1. The Kier molecular flexibility index (Phi) is 6.26. The van der Waals surface area contributed by atoms with Gasteiger partial charge in [-0.05, 0) is 38.4 Å². The molecule has 0 radical (unpaired) electrons. The van der Waals surface area contributed by atoms with Crippen molar-refractivity contribution >= 4 is 5.82 Å². The highest BCUT2D eigenvalue weighted by Gasteiger charge is 2.24. The van der Waals surface area contributed by atoms with Crippen LogP contribution in [0, 0.1) is 0 Å². The van der Waals surface area contributed by atoms with E-state index in [2.05, 4.69) is 21.7 Å². The van der Waals surface area contributed by atoms with Gasteiger partial charge in [-0.3, -0.25) is 4.90 Å². The van der Waals surface area contributed by atoms with Crippen molar-refractivity contribution in [3.05, 3.63) is 18.3 Å². The number of ether oxygens (including phenoxy) is 1. The Labute approximate surface area is 128 Å². The van der Waals surface area contributed by atoms with Gasteiger partial charge in [-0.15, -0.1) is 0 Å². The highest BCUT2D eigenvalue weighted by Crippen LogP contribution is 2.26. The maximum absolute atomic E-state index is 5.72. The third-order valence-corrected chi connectivity index (χ3v) is 4.15. The van der Waals surface area contributed by atoms with Crippen molar-refractivity contribution in [3.8, 4) is 5.75 Å². The van der Waals surface area contributed by atoms with Gasteiger partial charge < -0.3 is 15.4 Å². The molecule has 0 bridgehead atoms. The number of nitrogens with zero attached hydrogens (tertiary/aromatic N) is 3. The molecule has 1 atom stereocenters. The van der Waals surface area contributed by atoms with Crippen LogP contribution in [0.1, 0.15) is 26.7 Å². The minimum atomic E-state index is 0.618. The Morgan fingerprint density at radius 1 is 1.29 bits per heavy atom. The van der Waals surface area contributed by atoms with Crippen LogP contribution in [0.5, 0.6) is 5.75 Å². The molecule has 1 aliphatic rings. The number of pyridine rings is 1. The lowest BCUT2D eigenvalue weighted by Crippen LogP contribution is -2.51. The van der Waals surface area contributed by atoms with Crippen LogP contribution >= 0.6 is 0 Å². The van der Waals surface area contributed by atoms with E-state index in [0.717, 1.165) is 50.7 Å². The molecule has 2 N–H and O–H groups in total. The van der Waals surface area contributed by atoms with Crippen molar-refractivity contribution < 1.29 is 4.74 Å². The maximum Gasteiger partial charge on any atom is 0.171 e. The zero-order chi connectivity index (χ0) is 15.1. The van der Waals surface area contributed by atoms with E-state index in [0.29, 0.717) is 12.6 Å². The molecule has 2 heterocycles. The lowest BCUT2D eigenvalue weighted by molar-refractivity contribution is 0.172. The molecule has 0 amide bonds. The lowest BCUT2D eigenvalue weighted by atomic mass is 10.1. The summed E-state index contributed by atoms with van der Waals surface area (Å²) in [5.41, 5.74) is 5.72. The average Bonchev–Trinajstić information content (AvgIpc) is 2.54. The predicted molar refractivity (Wildman–Crippen MR) is 86.9 cm³/mol. The van der Waals surface area contributed by atoms with Gasteiger partial charge in [0, 0.05) is 38.4 Å². The summed E-state index contributed by atoms with van der Waals surface area (Å²) in [4.78, 5) is 9.40. The van der Waals surface area contributed by atoms with Gasteiger partial charge in [0.05, 0.1) is 6.61 Å². The van der Waals surface area contributed by atoms with E-state index < -0.39 is 0 Å². The maximum atomic E-state index is 5.72. The Balaban J connectivity index is 1.97. The predicted octanol–water partition coefficient (Wildman–Crippen LogP) is 1.73. The topological polar surface area (TPSA) is 54.6 Å². The van der Waals surface area contributed by atoms with Gasteiger partial charge in [-0.2, -0.15) is 0 Å². The fourth-order valence-electron chi connectivity index (χ4n) is 3.02.